The van der Waals surface area contributed by atoms with E-state index in [-0.39, 0.29) is 29.4 Å². The molecule has 134 valence electrons. The van der Waals surface area contributed by atoms with Crippen LogP contribution in [0.4, 0.5) is 24.7 Å². The molecule has 1 aromatic carbocycles. The van der Waals surface area contributed by atoms with Gasteiger partial charge >= 0.3 is 6.18 Å². The topological polar surface area (TPSA) is 80.0 Å². The van der Waals surface area contributed by atoms with Crippen molar-refractivity contribution in [3.8, 4) is 0 Å². The summed E-state index contributed by atoms with van der Waals surface area (Å²) in [7, 11) is 0. The van der Waals surface area contributed by atoms with Gasteiger partial charge in [0.1, 0.15) is 5.82 Å². The normalized spacial score (nSPS) is 11.5. The molecule has 1 amide bonds. The Labute approximate surface area is 143 Å². The molecule has 0 atom stereocenters. The van der Waals surface area contributed by atoms with Gasteiger partial charge in [0.15, 0.2) is 0 Å². The third kappa shape index (κ3) is 4.93. The second-order valence-electron chi connectivity index (χ2n) is 5.77. The minimum Gasteiger partial charge on any atom is -0.367 e. The Morgan fingerprint density at radius 1 is 1.28 bits per heavy atom. The molecule has 0 aliphatic carbocycles. The van der Waals surface area contributed by atoms with Crippen LogP contribution in [0.3, 0.4) is 0 Å². The average Bonchev–Trinajstić information content (AvgIpc) is 2.53. The molecule has 25 heavy (non-hydrogen) atoms. The summed E-state index contributed by atoms with van der Waals surface area (Å²) in [6.45, 7) is 3.70. The van der Waals surface area contributed by atoms with Crippen LogP contribution >= 0.6 is 0 Å². The molecule has 4 N–H and O–H groups in total. The molecule has 0 unspecified atom stereocenters. The van der Waals surface area contributed by atoms with Crippen LogP contribution in [-0.2, 0) is 12.7 Å². The zero-order chi connectivity index (χ0) is 18.6. The van der Waals surface area contributed by atoms with Crippen molar-refractivity contribution < 1.29 is 18.0 Å². The zero-order valence-corrected chi connectivity index (χ0v) is 13.8. The van der Waals surface area contributed by atoms with Crippen molar-refractivity contribution in [1.82, 2.24) is 4.98 Å². The molecule has 0 aliphatic heterocycles. The lowest BCUT2D eigenvalue weighted by atomic mass is 10.1. The fourth-order valence-corrected chi connectivity index (χ4v) is 2.22. The SMILES string of the molecule is CC(C)Nc1ncccc1C(=O)Nc1cc(CN)cc(C(F)(F)F)c1. The first kappa shape index (κ1) is 18.7. The molecule has 0 spiro atoms. The van der Waals surface area contributed by atoms with Gasteiger partial charge in [-0.3, -0.25) is 4.79 Å². The zero-order valence-electron chi connectivity index (χ0n) is 13.8. The molecule has 0 saturated heterocycles. The van der Waals surface area contributed by atoms with Crippen LogP contribution in [0, 0.1) is 0 Å². The van der Waals surface area contributed by atoms with E-state index in [0.29, 0.717) is 5.82 Å². The molecule has 0 bridgehead atoms. The van der Waals surface area contributed by atoms with Crippen LogP contribution in [0.2, 0.25) is 0 Å². The minimum absolute atomic E-state index is 0.0274. The number of anilines is 2. The molecule has 0 aliphatic rings. The van der Waals surface area contributed by atoms with Crippen molar-refractivity contribution in [1.29, 1.82) is 0 Å². The number of nitrogens with two attached hydrogens (primary N) is 1. The summed E-state index contributed by atoms with van der Waals surface area (Å²) >= 11 is 0. The molecule has 0 radical (unpaired) electrons. The first-order valence-corrected chi connectivity index (χ1v) is 7.65. The number of carbonyl (C=O) groups is 1. The lowest BCUT2D eigenvalue weighted by Crippen LogP contribution is -2.19. The number of aromatic nitrogens is 1. The smallest absolute Gasteiger partial charge is 0.367 e. The Hall–Kier alpha value is -2.61. The summed E-state index contributed by atoms with van der Waals surface area (Å²) in [4.78, 5) is 16.6. The van der Waals surface area contributed by atoms with Crippen molar-refractivity contribution >= 4 is 17.4 Å². The van der Waals surface area contributed by atoms with E-state index < -0.39 is 17.6 Å². The van der Waals surface area contributed by atoms with Gasteiger partial charge in [-0.25, -0.2) is 4.98 Å². The number of nitrogens with one attached hydrogen (secondary N) is 2. The standard InChI is InChI=1S/C17H19F3N4O/c1-10(2)23-15-14(4-3-5-22-15)16(25)24-13-7-11(9-21)6-12(8-13)17(18,19)20/h3-8,10H,9,21H2,1-2H3,(H,22,23)(H,24,25). The maximum absolute atomic E-state index is 13.0. The molecule has 1 aromatic heterocycles. The fourth-order valence-electron chi connectivity index (χ4n) is 2.22. The highest BCUT2D eigenvalue weighted by atomic mass is 19.4. The van der Waals surface area contributed by atoms with Gasteiger partial charge in [-0.1, -0.05) is 0 Å². The predicted octanol–water partition coefficient (Wildman–Crippen LogP) is 3.63. The summed E-state index contributed by atoms with van der Waals surface area (Å²) in [5, 5.41) is 5.51. The number of halogens is 3. The van der Waals surface area contributed by atoms with E-state index >= 15 is 0 Å². The Morgan fingerprint density at radius 2 is 2.00 bits per heavy atom. The lowest BCUT2D eigenvalue weighted by Gasteiger charge is -2.15. The van der Waals surface area contributed by atoms with Gasteiger partial charge in [-0.2, -0.15) is 13.2 Å². The summed E-state index contributed by atoms with van der Waals surface area (Å²) < 4.78 is 38.9. The molecule has 2 rings (SSSR count). The number of benzene rings is 1. The van der Waals surface area contributed by atoms with Crippen LogP contribution in [0.1, 0.15) is 35.3 Å². The van der Waals surface area contributed by atoms with Gasteiger partial charge in [0.2, 0.25) is 0 Å². The highest BCUT2D eigenvalue weighted by Gasteiger charge is 2.31. The van der Waals surface area contributed by atoms with E-state index in [4.69, 9.17) is 5.73 Å². The van der Waals surface area contributed by atoms with E-state index in [1.54, 1.807) is 12.1 Å². The van der Waals surface area contributed by atoms with Gasteiger partial charge in [0, 0.05) is 24.5 Å². The number of alkyl halides is 3. The number of nitrogens with zero attached hydrogens (tertiary/aromatic N) is 1. The van der Waals surface area contributed by atoms with Crippen molar-refractivity contribution in [3.63, 3.8) is 0 Å². The van der Waals surface area contributed by atoms with Crippen LogP contribution < -0.4 is 16.4 Å². The number of pyridine rings is 1. The maximum atomic E-state index is 13.0. The molecule has 0 fully saturated rings. The van der Waals surface area contributed by atoms with Crippen LogP contribution in [0.5, 0.6) is 0 Å². The van der Waals surface area contributed by atoms with Crippen LogP contribution in [0.15, 0.2) is 36.5 Å². The van der Waals surface area contributed by atoms with E-state index in [1.807, 2.05) is 13.8 Å². The monoisotopic (exact) mass is 352 g/mol. The number of hydrogen-bond donors (Lipinski definition) is 3. The Morgan fingerprint density at radius 3 is 2.60 bits per heavy atom. The molecule has 8 heteroatoms. The van der Waals surface area contributed by atoms with E-state index in [9.17, 15) is 18.0 Å². The molecule has 5 nitrogen and oxygen atoms in total. The maximum Gasteiger partial charge on any atom is 0.416 e. The Bertz CT molecular complexity index is 760. The second-order valence-corrected chi connectivity index (χ2v) is 5.77. The van der Waals surface area contributed by atoms with Crippen molar-refractivity contribution in [2.45, 2.75) is 32.6 Å². The number of amides is 1. The summed E-state index contributed by atoms with van der Waals surface area (Å²) in [5.41, 5.74) is 5.13. The van der Waals surface area contributed by atoms with Crippen LogP contribution in [0.25, 0.3) is 0 Å². The second kappa shape index (κ2) is 7.52. The molecule has 0 saturated carbocycles. The van der Waals surface area contributed by atoms with E-state index in [1.165, 1.54) is 12.3 Å². The lowest BCUT2D eigenvalue weighted by molar-refractivity contribution is -0.137. The van der Waals surface area contributed by atoms with Gasteiger partial charge in [0.25, 0.3) is 5.91 Å². The number of carbonyl (C=O) groups excluding carboxylic acids is 1. The first-order valence-electron chi connectivity index (χ1n) is 7.65. The van der Waals surface area contributed by atoms with Gasteiger partial charge in [-0.15, -0.1) is 0 Å². The third-order valence-corrected chi connectivity index (χ3v) is 3.29. The predicted molar refractivity (Wildman–Crippen MR) is 90.3 cm³/mol. The van der Waals surface area contributed by atoms with Gasteiger partial charge in [0.05, 0.1) is 11.1 Å². The minimum atomic E-state index is -4.52. The highest BCUT2D eigenvalue weighted by Crippen LogP contribution is 2.32. The molecule has 2 aromatic rings. The first-order chi connectivity index (χ1) is 11.7. The molecule has 1 heterocycles. The Kier molecular flexibility index (Phi) is 5.63. The van der Waals surface area contributed by atoms with Gasteiger partial charge < -0.3 is 16.4 Å². The summed E-state index contributed by atoms with van der Waals surface area (Å²) in [5.74, 6) is -0.195. The summed E-state index contributed by atoms with van der Waals surface area (Å²) in [6, 6.07) is 6.43. The van der Waals surface area contributed by atoms with Crippen molar-refractivity contribution in [2.75, 3.05) is 10.6 Å². The molecular formula is C17H19F3N4O. The van der Waals surface area contributed by atoms with Crippen molar-refractivity contribution in [3.05, 3.63) is 53.2 Å². The highest BCUT2D eigenvalue weighted by molar-refractivity contribution is 6.07. The quantitative estimate of drug-likeness (QED) is 0.768. The van der Waals surface area contributed by atoms with Crippen LogP contribution in [-0.4, -0.2) is 16.9 Å². The van der Waals surface area contributed by atoms with Crippen molar-refractivity contribution in [2.24, 2.45) is 5.73 Å². The average molecular weight is 352 g/mol. The molecular weight excluding hydrogens is 333 g/mol. The fraction of sp³-hybridized carbons (Fsp3) is 0.294. The van der Waals surface area contributed by atoms with Gasteiger partial charge in [-0.05, 0) is 49.7 Å². The third-order valence-electron chi connectivity index (χ3n) is 3.29. The van der Waals surface area contributed by atoms with E-state index in [0.717, 1.165) is 12.1 Å². The Balaban J connectivity index is 2.32. The number of rotatable bonds is 5. The van der Waals surface area contributed by atoms with E-state index in [2.05, 4.69) is 15.6 Å². The number of hydrogen-bond acceptors (Lipinski definition) is 4. The summed E-state index contributed by atoms with van der Waals surface area (Å²) in [6.07, 6.45) is -3.00. The largest absolute Gasteiger partial charge is 0.416 e.